The van der Waals surface area contributed by atoms with Crippen molar-refractivity contribution in [2.75, 3.05) is 11.9 Å². The molecule has 0 atom stereocenters. The largest absolute Gasteiger partial charge is 0.494 e. The summed E-state index contributed by atoms with van der Waals surface area (Å²) < 4.78 is 5.47. The van der Waals surface area contributed by atoms with Gasteiger partial charge in [-0.05, 0) is 37.3 Å². The molecule has 1 aromatic carbocycles. The molecule has 0 aliphatic heterocycles. The number of anilines is 1. The molecule has 1 N–H and O–H groups in total. The van der Waals surface area contributed by atoms with Crippen LogP contribution in [-0.4, -0.2) is 17.5 Å². The van der Waals surface area contributed by atoms with Crippen molar-refractivity contribution < 1.29 is 9.53 Å². The Kier molecular flexibility index (Phi) is 4.96. The minimum absolute atomic E-state index is 0.183. The van der Waals surface area contributed by atoms with Gasteiger partial charge in [-0.3, -0.25) is 9.78 Å². The van der Waals surface area contributed by atoms with Gasteiger partial charge in [0, 0.05) is 29.2 Å². The van der Waals surface area contributed by atoms with Gasteiger partial charge < -0.3 is 10.1 Å². The number of benzene rings is 1. The molecule has 1 heterocycles. The summed E-state index contributed by atoms with van der Waals surface area (Å²) in [5, 5.41) is 2.82. The molecule has 0 unspecified atom stereocenters. The average molecular weight is 291 g/mol. The van der Waals surface area contributed by atoms with E-state index in [1.165, 1.54) is 0 Å². The molecule has 0 aliphatic rings. The summed E-state index contributed by atoms with van der Waals surface area (Å²) in [5.41, 5.74) is 2.09. The highest BCUT2D eigenvalue weighted by molar-refractivity contribution is 6.17. The van der Waals surface area contributed by atoms with Gasteiger partial charge in [0.1, 0.15) is 5.75 Å². The van der Waals surface area contributed by atoms with E-state index < -0.39 is 0 Å². The van der Waals surface area contributed by atoms with Crippen LogP contribution in [0, 0.1) is 0 Å². The summed E-state index contributed by atoms with van der Waals surface area (Å²) in [5.74, 6) is 0.885. The van der Waals surface area contributed by atoms with Crippen LogP contribution in [0.2, 0.25) is 0 Å². The number of pyridine rings is 1. The second kappa shape index (κ2) is 6.91. The zero-order chi connectivity index (χ0) is 14.4. The molecule has 2 aromatic rings. The predicted molar refractivity (Wildman–Crippen MR) is 79.4 cm³/mol. The van der Waals surface area contributed by atoms with Crippen molar-refractivity contribution in [3.8, 4) is 5.75 Å². The minimum atomic E-state index is -0.183. The minimum Gasteiger partial charge on any atom is -0.494 e. The normalized spacial score (nSPS) is 10.1. The maximum atomic E-state index is 12.0. The molecule has 0 bridgehead atoms. The Balaban J connectivity index is 2.16. The molecule has 5 heteroatoms. The number of carbonyl (C=O) groups is 1. The number of rotatable bonds is 5. The van der Waals surface area contributed by atoms with E-state index in [9.17, 15) is 4.79 Å². The van der Waals surface area contributed by atoms with Crippen LogP contribution in [0.3, 0.4) is 0 Å². The van der Waals surface area contributed by atoms with E-state index in [1.807, 2.05) is 19.1 Å². The summed E-state index contributed by atoms with van der Waals surface area (Å²) in [7, 11) is 0. The number of hydrogen-bond donors (Lipinski definition) is 1. The lowest BCUT2D eigenvalue weighted by Gasteiger charge is -2.11. The predicted octanol–water partition coefficient (Wildman–Crippen LogP) is 3.47. The third-order valence-corrected chi connectivity index (χ3v) is 2.99. The number of aromatic nitrogens is 1. The molecule has 4 nitrogen and oxygen atoms in total. The number of ether oxygens (including phenoxy) is 1. The first-order valence-electron chi connectivity index (χ1n) is 6.27. The molecule has 0 spiro atoms. The first-order valence-corrected chi connectivity index (χ1v) is 6.81. The fraction of sp³-hybridized carbons (Fsp3) is 0.200. The highest BCUT2D eigenvalue weighted by Gasteiger charge is 2.08. The van der Waals surface area contributed by atoms with Gasteiger partial charge in [0.2, 0.25) is 0 Å². The van der Waals surface area contributed by atoms with Crippen molar-refractivity contribution in [1.82, 2.24) is 4.98 Å². The number of carbonyl (C=O) groups excluding carboxylic acids is 1. The summed E-state index contributed by atoms with van der Waals surface area (Å²) in [4.78, 5) is 15.9. The second-order valence-corrected chi connectivity index (χ2v) is 4.35. The van der Waals surface area contributed by atoms with E-state index in [0.717, 1.165) is 11.3 Å². The van der Waals surface area contributed by atoms with Crippen molar-refractivity contribution in [2.45, 2.75) is 12.8 Å². The molecule has 0 radical (unpaired) electrons. The van der Waals surface area contributed by atoms with Gasteiger partial charge in [0.25, 0.3) is 5.91 Å². The fourth-order valence-electron chi connectivity index (χ4n) is 1.76. The second-order valence-electron chi connectivity index (χ2n) is 4.08. The van der Waals surface area contributed by atoms with Gasteiger partial charge in [-0.1, -0.05) is 0 Å². The van der Waals surface area contributed by atoms with Gasteiger partial charge in [-0.2, -0.15) is 0 Å². The Morgan fingerprint density at radius 1 is 1.30 bits per heavy atom. The smallest absolute Gasteiger partial charge is 0.255 e. The third kappa shape index (κ3) is 3.48. The zero-order valence-electron chi connectivity index (χ0n) is 11.1. The van der Waals surface area contributed by atoms with Gasteiger partial charge in [0.15, 0.2) is 0 Å². The Hall–Kier alpha value is -2.07. The molecule has 20 heavy (non-hydrogen) atoms. The van der Waals surface area contributed by atoms with Crippen LogP contribution >= 0.6 is 11.6 Å². The number of nitrogens with one attached hydrogen (secondary N) is 1. The SMILES string of the molecule is CCOc1ccc(NC(=O)c2ccncc2)cc1CCl. The molecule has 2 rings (SSSR count). The molecule has 0 saturated carbocycles. The topological polar surface area (TPSA) is 51.2 Å². The van der Waals surface area contributed by atoms with E-state index in [4.69, 9.17) is 16.3 Å². The molecule has 0 aliphatic carbocycles. The van der Waals surface area contributed by atoms with E-state index in [-0.39, 0.29) is 5.91 Å². The van der Waals surface area contributed by atoms with Crippen LogP contribution in [0.1, 0.15) is 22.8 Å². The van der Waals surface area contributed by atoms with Crippen LogP contribution < -0.4 is 10.1 Å². The van der Waals surface area contributed by atoms with Crippen molar-refractivity contribution in [3.63, 3.8) is 0 Å². The molecule has 1 amide bonds. The Labute approximate surface area is 122 Å². The van der Waals surface area contributed by atoms with Gasteiger partial charge in [0.05, 0.1) is 12.5 Å². The monoisotopic (exact) mass is 290 g/mol. The maximum Gasteiger partial charge on any atom is 0.255 e. The first-order chi connectivity index (χ1) is 9.74. The van der Waals surface area contributed by atoms with Gasteiger partial charge in [-0.25, -0.2) is 0 Å². The van der Waals surface area contributed by atoms with Crippen molar-refractivity contribution >= 4 is 23.2 Å². The number of nitrogens with zero attached hydrogens (tertiary/aromatic N) is 1. The van der Waals surface area contributed by atoms with E-state index in [0.29, 0.717) is 23.7 Å². The number of alkyl halides is 1. The molecule has 0 fully saturated rings. The summed E-state index contributed by atoms with van der Waals surface area (Å²) in [6.07, 6.45) is 3.16. The maximum absolute atomic E-state index is 12.0. The number of hydrogen-bond acceptors (Lipinski definition) is 3. The van der Waals surface area contributed by atoms with Crippen LogP contribution in [0.15, 0.2) is 42.7 Å². The first kappa shape index (κ1) is 14.3. The molecule has 1 aromatic heterocycles. The Bertz CT molecular complexity index is 588. The van der Waals surface area contributed by atoms with Crippen molar-refractivity contribution in [1.29, 1.82) is 0 Å². The molecular weight excluding hydrogens is 276 g/mol. The zero-order valence-corrected chi connectivity index (χ0v) is 11.9. The number of amides is 1. The van der Waals surface area contributed by atoms with Crippen LogP contribution in [0.5, 0.6) is 5.75 Å². The van der Waals surface area contributed by atoms with Crippen LogP contribution in [-0.2, 0) is 5.88 Å². The third-order valence-electron chi connectivity index (χ3n) is 2.70. The standard InChI is InChI=1S/C15H15ClN2O2/c1-2-20-14-4-3-13(9-12(14)10-16)18-15(19)11-5-7-17-8-6-11/h3-9H,2,10H2,1H3,(H,18,19). The fourth-order valence-corrected chi connectivity index (χ4v) is 1.97. The lowest BCUT2D eigenvalue weighted by Crippen LogP contribution is -2.12. The van der Waals surface area contributed by atoms with E-state index >= 15 is 0 Å². The van der Waals surface area contributed by atoms with Crippen LogP contribution in [0.25, 0.3) is 0 Å². The quantitative estimate of drug-likeness (QED) is 0.858. The highest BCUT2D eigenvalue weighted by atomic mass is 35.5. The molecule has 104 valence electrons. The lowest BCUT2D eigenvalue weighted by atomic mass is 10.2. The van der Waals surface area contributed by atoms with Crippen LogP contribution in [0.4, 0.5) is 5.69 Å². The van der Waals surface area contributed by atoms with Gasteiger partial charge >= 0.3 is 0 Å². The highest BCUT2D eigenvalue weighted by Crippen LogP contribution is 2.24. The molecular formula is C15H15ClN2O2. The summed E-state index contributed by atoms with van der Waals surface area (Å²) in [6.45, 7) is 2.49. The van der Waals surface area contributed by atoms with E-state index in [2.05, 4.69) is 10.3 Å². The average Bonchev–Trinajstić information content (AvgIpc) is 2.50. The Morgan fingerprint density at radius 2 is 2.05 bits per heavy atom. The Morgan fingerprint density at radius 3 is 2.70 bits per heavy atom. The number of halogens is 1. The van der Waals surface area contributed by atoms with Gasteiger partial charge in [-0.15, -0.1) is 11.6 Å². The molecule has 0 saturated heterocycles. The van der Waals surface area contributed by atoms with Crippen molar-refractivity contribution in [2.24, 2.45) is 0 Å². The lowest BCUT2D eigenvalue weighted by molar-refractivity contribution is 0.102. The van der Waals surface area contributed by atoms with Crippen molar-refractivity contribution in [3.05, 3.63) is 53.9 Å². The van der Waals surface area contributed by atoms with E-state index in [1.54, 1.807) is 30.6 Å². The summed E-state index contributed by atoms with van der Waals surface area (Å²) >= 11 is 5.89. The summed E-state index contributed by atoms with van der Waals surface area (Å²) in [6, 6.07) is 8.74.